The first-order valence-corrected chi connectivity index (χ1v) is 4.62. The summed E-state index contributed by atoms with van der Waals surface area (Å²) in [5, 5.41) is 0. The molecule has 0 atom stereocenters. The Balaban J connectivity index is 0. The van der Waals surface area contributed by atoms with Crippen molar-refractivity contribution in [2.24, 2.45) is 0 Å². The van der Waals surface area contributed by atoms with Crippen molar-refractivity contribution in [3.63, 3.8) is 0 Å². The predicted molar refractivity (Wildman–Crippen MR) is 26.3 cm³/mol. The van der Waals surface area contributed by atoms with Crippen LogP contribution in [0.5, 0.6) is 0 Å². The summed E-state index contributed by atoms with van der Waals surface area (Å²) in [7, 11) is 0. The van der Waals surface area contributed by atoms with Crippen LogP contribution in [0.1, 0.15) is 26.2 Å². The van der Waals surface area contributed by atoms with Crippen LogP contribution in [0.4, 0.5) is 0 Å². The standard InChI is InChI=1S/C5H11.2O.Zr/c1-3-5-4-2;;;/h1,3-5H2,2H3;;;/q-1;;;. The second-order valence-corrected chi connectivity index (χ2v) is 1.70. The molecule has 0 aliphatic carbocycles. The van der Waals surface area contributed by atoms with Gasteiger partial charge in [0.2, 0.25) is 0 Å². The zero-order valence-corrected chi connectivity index (χ0v) is 7.60. The molecule has 0 unspecified atom stereocenters. The van der Waals surface area contributed by atoms with Crippen LogP contribution in [0.15, 0.2) is 0 Å². The topological polar surface area (TPSA) is 34.1 Å². The van der Waals surface area contributed by atoms with Crippen LogP contribution in [0.3, 0.4) is 0 Å². The third kappa shape index (κ3) is 31.6. The molecule has 0 amide bonds. The van der Waals surface area contributed by atoms with Gasteiger partial charge in [-0.3, -0.25) is 0 Å². The molecule has 48 valence electrons. The molecule has 0 rings (SSSR count). The average Bonchev–Trinajstić information content (AvgIpc) is 1.71. The summed E-state index contributed by atoms with van der Waals surface area (Å²) >= 11 is -2.27. The van der Waals surface area contributed by atoms with Gasteiger partial charge in [-0.05, 0) is 0 Å². The Morgan fingerprint density at radius 3 is 1.88 bits per heavy atom. The zero-order chi connectivity index (χ0) is 6.83. The molecule has 0 spiro atoms. The molecule has 0 aliphatic heterocycles. The normalized spacial score (nSPS) is 6.25. The SMILES string of the molecule is [CH2-]CCCC.[O]=[Zr]=[O]. The number of rotatable bonds is 2. The first-order chi connectivity index (χ1) is 3.83. The fraction of sp³-hybridized carbons (Fsp3) is 0.800. The Morgan fingerprint density at radius 2 is 1.88 bits per heavy atom. The number of hydrogen-bond acceptors (Lipinski definition) is 2. The minimum absolute atomic E-state index is 1.09. The van der Waals surface area contributed by atoms with Crippen LogP contribution in [-0.2, 0) is 28.9 Å². The second-order valence-electron chi connectivity index (χ2n) is 1.29. The van der Waals surface area contributed by atoms with E-state index in [1.165, 1.54) is 12.8 Å². The molecule has 0 aromatic heterocycles. The predicted octanol–water partition coefficient (Wildman–Crippen LogP) is 1.77. The molecule has 8 heavy (non-hydrogen) atoms. The Hall–Kier alpha value is 0.483. The molecular weight excluding hydrogens is 183 g/mol. The van der Waals surface area contributed by atoms with Gasteiger partial charge in [0.25, 0.3) is 0 Å². The van der Waals surface area contributed by atoms with Crippen LogP contribution in [-0.4, -0.2) is 0 Å². The fourth-order valence-corrected chi connectivity index (χ4v) is 0.250. The van der Waals surface area contributed by atoms with Crippen molar-refractivity contribution >= 4 is 0 Å². The minimum atomic E-state index is -2.27. The first kappa shape index (κ1) is 11.3. The molecule has 0 saturated carbocycles. The van der Waals surface area contributed by atoms with E-state index in [0.29, 0.717) is 0 Å². The van der Waals surface area contributed by atoms with Crippen LogP contribution in [0.2, 0.25) is 0 Å². The van der Waals surface area contributed by atoms with Gasteiger partial charge in [0.15, 0.2) is 0 Å². The quantitative estimate of drug-likeness (QED) is 0.628. The van der Waals surface area contributed by atoms with Crippen molar-refractivity contribution < 1.29 is 28.9 Å². The van der Waals surface area contributed by atoms with E-state index in [1.54, 1.807) is 0 Å². The average molecular weight is 194 g/mol. The molecule has 0 N–H and O–H groups in total. The van der Waals surface area contributed by atoms with Gasteiger partial charge in [-0.1, -0.05) is 19.8 Å². The van der Waals surface area contributed by atoms with Gasteiger partial charge in [-0.15, -0.1) is 0 Å². The Labute approximate surface area is 62.1 Å². The van der Waals surface area contributed by atoms with E-state index in [4.69, 9.17) is 5.63 Å². The number of unbranched alkanes of at least 4 members (excludes halogenated alkanes) is 2. The summed E-state index contributed by atoms with van der Waals surface area (Å²) in [5.41, 5.74) is 0. The van der Waals surface area contributed by atoms with E-state index in [9.17, 15) is 0 Å². The zero-order valence-electron chi connectivity index (χ0n) is 5.14. The van der Waals surface area contributed by atoms with Crippen molar-refractivity contribution in [1.82, 2.24) is 0 Å². The van der Waals surface area contributed by atoms with E-state index in [1.807, 2.05) is 0 Å². The molecule has 0 aromatic rings. The van der Waals surface area contributed by atoms with Crippen LogP contribution in [0, 0.1) is 6.92 Å². The van der Waals surface area contributed by atoms with Gasteiger partial charge in [-0.2, -0.15) is 6.42 Å². The maximum absolute atomic E-state index is 8.54. The van der Waals surface area contributed by atoms with Gasteiger partial charge in [0.1, 0.15) is 0 Å². The van der Waals surface area contributed by atoms with Gasteiger partial charge in [-0.25, -0.2) is 0 Å². The molecule has 0 heterocycles. The van der Waals surface area contributed by atoms with Crippen molar-refractivity contribution in [1.29, 1.82) is 0 Å². The Morgan fingerprint density at radius 1 is 1.50 bits per heavy atom. The second kappa shape index (κ2) is 15.6. The molecule has 0 bridgehead atoms. The molecule has 0 aromatic carbocycles. The van der Waals surface area contributed by atoms with Gasteiger partial charge in [0.05, 0.1) is 0 Å². The van der Waals surface area contributed by atoms with Crippen molar-refractivity contribution in [3.05, 3.63) is 6.92 Å². The van der Waals surface area contributed by atoms with Crippen molar-refractivity contribution in [2.75, 3.05) is 0 Å². The summed E-state index contributed by atoms with van der Waals surface area (Å²) in [6.07, 6.45) is 3.65. The Bertz CT molecular complexity index is 55.4. The van der Waals surface area contributed by atoms with Crippen molar-refractivity contribution in [2.45, 2.75) is 26.2 Å². The molecule has 2 nitrogen and oxygen atoms in total. The van der Waals surface area contributed by atoms with Crippen LogP contribution in [0.25, 0.3) is 0 Å². The summed E-state index contributed by atoms with van der Waals surface area (Å²) in [5.74, 6) is 0. The molecule has 0 aliphatic rings. The molecule has 0 radical (unpaired) electrons. The van der Waals surface area contributed by atoms with E-state index < -0.39 is 23.2 Å². The van der Waals surface area contributed by atoms with E-state index >= 15 is 0 Å². The summed E-state index contributed by atoms with van der Waals surface area (Å²) in [6, 6.07) is 0. The van der Waals surface area contributed by atoms with E-state index in [2.05, 4.69) is 13.8 Å². The summed E-state index contributed by atoms with van der Waals surface area (Å²) in [4.78, 5) is 0. The number of hydrogen-bond donors (Lipinski definition) is 0. The van der Waals surface area contributed by atoms with Gasteiger partial charge in [0, 0.05) is 0 Å². The summed E-state index contributed by atoms with van der Waals surface area (Å²) < 4.78 is 17.1. The maximum atomic E-state index is 8.54. The van der Waals surface area contributed by atoms with E-state index in [-0.39, 0.29) is 0 Å². The van der Waals surface area contributed by atoms with Crippen LogP contribution < -0.4 is 0 Å². The third-order valence-corrected chi connectivity index (χ3v) is 0.604. The van der Waals surface area contributed by atoms with Crippen LogP contribution >= 0.6 is 0 Å². The summed E-state index contributed by atoms with van der Waals surface area (Å²) in [6.45, 7) is 5.85. The molecule has 0 fully saturated rings. The van der Waals surface area contributed by atoms with Gasteiger partial charge < -0.3 is 6.92 Å². The first-order valence-electron chi connectivity index (χ1n) is 2.62. The Kier molecular flexibility index (Phi) is 22.1. The third-order valence-electron chi connectivity index (χ3n) is 0.604. The van der Waals surface area contributed by atoms with E-state index in [0.717, 1.165) is 6.42 Å². The van der Waals surface area contributed by atoms with Gasteiger partial charge >= 0.3 is 28.9 Å². The molecule has 0 saturated heterocycles. The monoisotopic (exact) mass is 193 g/mol. The van der Waals surface area contributed by atoms with Crippen molar-refractivity contribution in [3.8, 4) is 0 Å². The fourth-order valence-electron chi connectivity index (χ4n) is 0.250. The molecule has 3 heteroatoms. The molecular formula is C5H11O2Zr-.